The van der Waals surface area contributed by atoms with E-state index in [1.54, 1.807) is 6.07 Å². The summed E-state index contributed by atoms with van der Waals surface area (Å²) in [6, 6.07) is 11.6. The average molecular weight is 742 g/mol. The number of amides is 1. The van der Waals surface area contributed by atoms with Gasteiger partial charge in [0, 0.05) is 55.8 Å². The van der Waals surface area contributed by atoms with Gasteiger partial charge in [0.25, 0.3) is 5.91 Å². The zero-order valence-corrected chi connectivity index (χ0v) is 31.4. The summed E-state index contributed by atoms with van der Waals surface area (Å²) in [6.07, 6.45) is 9.19. The van der Waals surface area contributed by atoms with Crippen LogP contribution in [-0.4, -0.2) is 103 Å². The lowest BCUT2D eigenvalue weighted by Gasteiger charge is -2.46. The summed E-state index contributed by atoms with van der Waals surface area (Å²) < 4.78 is 54.5. The molecule has 2 aromatic carbocycles. The molecule has 0 radical (unpaired) electrons. The summed E-state index contributed by atoms with van der Waals surface area (Å²) in [6.45, 7) is 8.55. The van der Waals surface area contributed by atoms with Gasteiger partial charge in [-0.15, -0.1) is 0 Å². The summed E-state index contributed by atoms with van der Waals surface area (Å²) in [5.41, 5.74) is 3.38. The largest absolute Gasteiger partial charge is 0.490 e. The SMILES string of the molecule is CC[C@@H]1[C@H](OC)C/C=C/C(OCCN2CCOCC2)C2CCC2CN2C[C@@]3(CCCc4cc(Cl)ccc43)COc3ccc(cc32)C(=O)NS1(=O)=O. The molecule has 12 heteroatoms. The van der Waals surface area contributed by atoms with Gasteiger partial charge in [-0.05, 0) is 98.2 Å². The van der Waals surface area contributed by atoms with Crippen LogP contribution < -0.4 is 14.4 Å². The molecule has 278 valence electrons. The lowest BCUT2D eigenvalue weighted by Crippen LogP contribution is -2.50. The Kier molecular flexibility index (Phi) is 11.3. The van der Waals surface area contributed by atoms with Gasteiger partial charge in [0.2, 0.25) is 10.0 Å². The van der Waals surface area contributed by atoms with Crippen molar-refractivity contribution in [2.24, 2.45) is 11.8 Å². The normalized spacial score (nSPS) is 31.7. The molecule has 1 saturated heterocycles. The van der Waals surface area contributed by atoms with E-state index in [2.05, 4.69) is 32.7 Å². The number of aryl methyl sites for hydroxylation is 1. The Morgan fingerprint density at radius 1 is 1.12 bits per heavy atom. The van der Waals surface area contributed by atoms with E-state index >= 15 is 0 Å². The van der Waals surface area contributed by atoms with Crippen molar-refractivity contribution in [3.8, 4) is 5.75 Å². The van der Waals surface area contributed by atoms with Crippen LogP contribution >= 0.6 is 11.6 Å². The number of nitrogens with zero attached hydrogens (tertiary/aromatic N) is 2. The summed E-state index contributed by atoms with van der Waals surface area (Å²) in [4.78, 5) is 18.5. The van der Waals surface area contributed by atoms with Gasteiger partial charge in [0.1, 0.15) is 11.0 Å². The monoisotopic (exact) mass is 741 g/mol. The van der Waals surface area contributed by atoms with Crippen molar-refractivity contribution in [2.45, 2.75) is 74.7 Å². The number of fused-ring (bicyclic) bond motifs is 4. The first kappa shape index (κ1) is 36.7. The number of nitrogens with one attached hydrogen (secondary N) is 1. The molecular formula is C39H52ClN3O7S. The van der Waals surface area contributed by atoms with Gasteiger partial charge in [-0.3, -0.25) is 9.69 Å². The third-order valence-electron chi connectivity index (χ3n) is 11.9. The molecule has 1 saturated carbocycles. The third kappa shape index (κ3) is 7.85. The van der Waals surface area contributed by atoms with Gasteiger partial charge in [-0.2, -0.15) is 0 Å². The molecule has 6 atom stereocenters. The topological polar surface area (TPSA) is 107 Å². The minimum Gasteiger partial charge on any atom is -0.490 e. The highest BCUT2D eigenvalue weighted by molar-refractivity contribution is 7.90. The molecule has 0 aromatic heterocycles. The Morgan fingerprint density at radius 3 is 2.73 bits per heavy atom. The predicted molar refractivity (Wildman–Crippen MR) is 198 cm³/mol. The van der Waals surface area contributed by atoms with Crippen molar-refractivity contribution in [3.05, 3.63) is 70.3 Å². The van der Waals surface area contributed by atoms with Crippen LogP contribution in [0.5, 0.6) is 5.75 Å². The van der Waals surface area contributed by atoms with Crippen LogP contribution in [-0.2, 0) is 36.1 Å². The first-order valence-corrected chi connectivity index (χ1v) is 20.6. The molecule has 7 rings (SSSR count). The standard InChI is InChI=1S/C39H52ClN3O7S/c1-3-37-36(47-2)8-4-7-34(49-21-18-42-16-19-48-20-17-42)31-12-9-29(31)24-43-25-39(15-5-6-27-22-30(40)11-13-32(27)39)26-50-35-14-10-28(23-33(35)43)38(44)41-51(37,45)46/h4,7,10-11,13-14,22-23,29,31,34,36-37H,3,5-6,8-9,12,15-21,24-26H2,1-2H3,(H,41,44)/b7-4+/t29?,31?,34?,36-,37-,39+/m1/s1. The number of rotatable bonds is 6. The van der Waals surface area contributed by atoms with Gasteiger partial charge in [-0.25, -0.2) is 13.1 Å². The van der Waals surface area contributed by atoms with E-state index in [0.29, 0.717) is 44.3 Å². The lowest BCUT2D eigenvalue weighted by atomic mass is 9.68. The summed E-state index contributed by atoms with van der Waals surface area (Å²) in [5, 5.41) is -0.173. The quantitative estimate of drug-likeness (QED) is 0.392. The molecule has 3 heterocycles. The van der Waals surface area contributed by atoms with Gasteiger partial charge in [0.05, 0.1) is 44.3 Å². The van der Waals surface area contributed by atoms with Crippen molar-refractivity contribution >= 4 is 33.2 Å². The maximum absolute atomic E-state index is 13.7. The Hall–Kier alpha value is -2.67. The summed E-state index contributed by atoms with van der Waals surface area (Å²) in [7, 11) is -2.54. The molecule has 51 heavy (non-hydrogen) atoms. The molecule has 3 unspecified atom stereocenters. The van der Waals surface area contributed by atoms with Crippen LogP contribution in [0.4, 0.5) is 5.69 Å². The number of carbonyl (C=O) groups is 1. The van der Waals surface area contributed by atoms with E-state index in [4.69, 9.17) is 30.5 Å². The number of benzene rings is 2. The fourth-order valence-electron chi connectivity index (χ4n) is 8.95. The van der Waals surface area contributed by atoms with Crippen LogP contribution in [0.3, 0.4) is 0 Å². The Bertz CT molecular complexity index is 1700. The first-order valence-electron chi connectivity index (χ1n) is 18.7. The summed E-state index contributed by atoms with van der Waals surface area (Å²) >= 11 is 6.47. The number of morpholine rings is 1. The minimum absolute atomic E-state index is 0.118. The zero-order chi connectivity index (χ0) is 35.6. The van der Waals surface area contributed by atoms with Crippen LogP contribution in [0.2, 0.25) is 5.02 Å². The maximum Gasteiger partial charge on any atom is 0.264 e. The summed E-state index contributed by atoms with van der Waals surface area (Å²) in [5.74, 6) is 0.693. The second-order valence-corrected chi connectivity index (χ2v) is 17.3. The molecule has 5 aliphatic rings. The van der Waals surface area contributed by atoms with Crippen molar-refractivity contribution < 1.29 is 32.2 Å². The number of anilines is 1. The predicted octanol–water partition coefficient (Wildman–Crippen LogP) is 5.37. The highest BCUT2D eigenvalue weighted by Crippen LogP contribution is 2.47. The number of sulfonamides is 1. The van der Waals surface area contributed by atoms with Gasteiger partial charge in [-0.1, -0.05) is 36.7 Å². The Morgan fingerprint density at radius 2 is 1.96 bits per heavy atom. The number of methoxy groups -OCH3 is 1. The molecule has 1 amide bonds. The van der Waals surface area contributed by atoms with E-state index in [1.165, 1.54) is 18.2 Å². The third-order valence-corrected chi connectivity index (χ3v) is 14.1. The van der Waals surface area contributed by atoms with Gasteiger partial charge >= 0.3 is 0 Å². The second-order valence-electron chi connectivity index (χ2n) is 14.9. The van der Waals surface area contributed by atoms with Crippen LogP contribution in [0.25, 0.3) is 0 Å². The highest BCUT2D eigenvalue weighted by Gasteiger charge is 2.45. The Balaban J connectivity index is 1.25. The number of halogens is 1. The molecule has 2 bridgehead atoms. The fraction of sp³-hybridized carbons (Fsp3) is 0.615. The molecule has 2 fully saturated rings. The Labute approximate surface area is 307 Å². The molecule has 10 nitrogen and oxygen atoms in total. The van der Waals surface area contributed by atoms with E-state index in [9.17, 15) is 13.2 Å². The minimum atomic E-state index is -4.07. The fourth-order valence-corrected chi connectivity index (χ4v) is 10.7. The van der Waals surface area contributed by atoms with E-state index in [-0.39, 0.29) is 23.0 Å². The van der Waals surface area contributed by atoms with Crippen LogP contribution in [0.15, 0.2) is 48.6 Å². The smallest absolute Gasteiger partial charge is 0.264 e. The van der Waals surface area contributed by atoms with Crippen molar-refractivity contribution in [3.63, 3.8) is 0 Å². The van der Waals surface area contributed by atoms with Crippen molar-refractivity contribution in [1.29, 1.82) is 0 Å². The lowest BCUT2D eigenvalue weighted by molar-refractivity contribution is -0.0315. The molecule has 3 aliphatic heterocycles. The molecule has 2 aromatic rings. The number of carbonyl (C=O) groups excluding carboxylic acids is 1. The van der Waals surface area contributed by atoms with Crippen molar-refractivity contribution in [1.82, 2.24) is 9.62 Å². The van der Waals surface area contributed by atoms with E-state index in [1.807, 2.05) is 31.2 Å². The molecular weight excluding hydrogens is 690 g/mol. The van der Waals surface area contributed by atoms with Crippen molar-refractivity contribution in [2.75, 3.05) is 71.2 Å². The zero-order valence-electron chi connectivity index (χ0n) is 29.9. The number of hydrogen-bond acceptors (Lipinski definition) is 9. The average Bonchev–Trinajstić information content (AvgIpc) is 3.26. The highest BCUT2D eigenvalue weighted by atomic mass is 35.5. The molecule has 2 aliphatic carbocycles. The van der Waals surface area contributed by atoms with Gasteiger partial charge in [0.15, 0.2) is 0 Å². The molecule has 1 N–H and O–H groups in total. The number of ether oxygens (including phenoxy) is 4. The maximum atomic E-state index is 13.7. The van der Waals surface area contributed by atoms with E-state index < -0.39 is 27.3 Å². The number of hydrogen-bond donors (Lipinski definition) is 1. The van der Waals surface area contributed by atoms with Crippen LogP contribution in [0.1, 0.15) is 66.9 Å². The van der Waals surface area contributed by atoms with Gasteiger partial charge < -0.3 is 23.8 Å². The molecule has 1 spiro atoms. The van der Waals surface area contributed by atoms with E-state index in [0.717, 1.165) is 82.2 Å². The second kappa shape index (κ2) is 15.7. The van der Waals surface area contributed by atoms with Crippen LogP contribution in [0, 0.1) is 11.8 Å². The first-order chi connectivity index (χ1) is 24.7.